The first kappa shape index (κ1) is 20.5. The summed E-state index contributed by atoms with van der Waals surface area (Å²) in [5, 5.41) is 3.50. The fourth-order valence-electron chi connectivity index (χ4n) is 3.65. The number of rotatable bonds is 5. The van der Waals surface area contributed by atoms with Gasteiger partial charge in [0, 0.05) is 17.1 Å². The predicted molar refractivity (Wildman–Crippen MR) is 103 cm³/mol. The minimum Gasteiger partial charge on any atom is -0.406 e. The first-order chi connectivity index (χ1) is 13.3. The molecule has 2 aromatic rings. The molecular formula is C21H21ClF3NO2. The van der Waals surface area contributed by atoms with Crippen LogP contribution in [0, 0.1) is 5.92 Å². The third kappa shape index (κ3) is 6.16. The second-order valence-electron chi connectivity index (χ2n) is 7.09. The number of halogens is 4. The van der Waals surface area contributed by atoms with Crippen LogP contribution in [0.1, 0.15) is 43.6 Å². The number of carbonyl (C=O) groups is 1. The quantitative estimate of drug-likeness (QED) is 0.606. The Morgan fingerprint density at radius 3 is 2.18 bits per heavy atom. The summed E-state index contributed by atoms with van der Waals surface area (Å²) in [6.45, 7) is 0. The molecule has 0 saturated heterocycles. The molecule has 0 unspecified atom stereocenters. The van der Waals surface area contributed by atoms with Gasteiger partial charge in [0.15, 0.2) is 0 Å². The minimum atomic E-state index is -4.67. The fourth-order valence-corrected chi connectivity index (χ4v) is 3.77. The molecule has 1 aliphatic rings. The predicted octanol–water partition coefficient (Wildman–Crippen LogP) is 6.54. The van der Waals surface area contributed by atoms with Gasteiger partial charge in [-0.3, -0.25) is 4.79 Å². The molecule has 0 aliphatic heterocycles. The maximum absolute atomic E-state index is 12.2. The molecule has 3 nitrogen and oxygen atoms in total. The molecule has 3 rings (SSSR count). The fraction of sp³-hybridized carbons (Fsp3) is 0.381. The molecule has 1 N–H and O–H groups in total. The van der Waals surface area contributed by atoms with Crippen molar-refractivity contribution in [1.82, 2.24) is 0 Å². The number of hydrogen-bond donors (Lipinski definition) is 1. The number of hydrogen-bond acceptors (Lipinski definition) is 2. The van der Waals surface area contributed by atoms with Gasteiger partial charge in [0.1, 0.15) is 5.75 Å². The van der Waals surface area contributed by atoms with Crippen molar-refractivity contribution in [3.8, 4) is 5.75 Å². The summed E-state index contributed by atoms with van der Waals surface area (Å²) in [5.74, 6) is 0.398. The molecule has 0 aromatic heterocycles. The molecule has 1 aliphatic carbocycles. The van der Waals surface area contributed by atoms with Gasteiger partial charge < -0.3 is 10.1 Å². The van der Waals surface area contributed by atoms with Crippen molar-refractivity contribution in [2.75, 3.05) is 5.32 Å². The molecule has 7 heteroatoms. The van der Waals surface area contributed by atoms with Crippen LogP contribution in [0.3, 0.4) is 0 Å². The molecule has 0 radical (unpaired) electrons. The van der Waals surface area contributed by atoms with Crippen LogP contribution in [-0.2, 0) is 4.79 Å². The molecule has 1 saturated carbocycles. The van der Waals surface area contributed by atoms with E-state index in [-0.39, 0.29) is 11.7 Å². The highest BCUT2D eigenvalue weighted by Crippen LogP contribution is 2.38. The second-order valence-corrected chi connectivity index (χ2v) is 7.53. The maximum Gasteiger partial charge on any atom is 0.573 e. The number of benzene rings is 2. The van der Waals surface area contributed by atoms with E-state index < -0.39 is 6.36 Å². The van der Waals surface area contributed by atoms with Crippen molar-refractivity contribution in [3.05, 3.63) is 59.1 Å². The molecule has 0 spiro atoms. The lowest BCUT2D eigenvalue weighted by Gasteiger charge is -2.28. The molecule has 0 bridgehead atoms. The zero-order chi connectivity index (χ0) is 20.1. The largest absolute Gasteiger partial charge is 0.573 e. The Balaban J connectivity index is 1.46. The van der Waals surface area contributed by atoms with Crippen molar-refractivity contribution in [2.45, 2.75) is 44.4 Å². The van der Waals surface area contributed by atoms with Crippen LogP contribution in [0.25, 0.3) is 0 Å². The van der Waals surface area contributed by atoms with E-state index in [1.54, 1.807) is 36.4 Å². The van der Waals surface area contributed by atoms with E-state index in [2.05, 4.69) is 10.1 Å². The Labute approximate surface area is 166 Å². The Bertz CT molecular complexity index is 783. The van der Waals surface area contributed by atoms with Crippen LogP contribution in [0.5, 0.6) is 5.75 Å². The Morgan fingerprint density at radius 2 is 1.61 bits per heavy atom. The highest BCUT2D eigenvalue weighted by molar-refractivity contribution is 6.30. The van der Waals surface area contributed by atoms with E-state index in [0.717, 1.165) is 36.9 Å². The van der Waals surface area contributed by atoms with Gasteiger partial charge >= 0.3 is 6.36 Å². The zero-order valence-electron chi connectivity index (χ0n) is 15.1. The molecule has 150 valence electrons. The second kappa shape index (κ2) is 8.86. The van der Waals surface area contributed by atoms with E-state index in [1.165, 1.54) is 12.1 Å². The summed E-state index contributed by atoms with van der Waals surface area (Å²) >= 11 is 5.84. The lowest BCUT2D eigenvalue weighted by atomic mass is 9.77. The number of nitrogens with one attached hydrogen (secondary N) is 1. The van der Waals surface area contributed by atoms with Crippen LogP contribution < -0.4 is 10.1 Å². The lowest BCUT2D eigenvalue weighted by molar-refractivity contribution is -0.274. The smallest absolute Gasteiger partial charge is 0.406 e. The minimum absolute atomic E-state index is 0.0144. The number of alkyl halides is 3. The Hall–Kier alpha value is -2.21. The van der Waals surface area contributed by atoms with E-state index in [4.69, 9.17) is 11.6 Å². The highest BCUT2D eigenvalue weighted by Gasteiger charge is 2.31. The SMILES string of the molecule is O=C(C[C@H]1CC[C@@H](c2ccc(OC(F)(F)F)cc2)CC1)Nc1ccc(Cl)cc1. The van der Waals surface area contributed by atoms with Crippen LogP contribution in [0.4, 0.5) is 18.9 Å². The summed E-state index contributed by atoms with van der Waals surface area (Å²) in [6.07, 6.45) is -0.546. The van der Waals surface area contributed by atoms with Gasteiger partial charge in [-0.15, -0.1) is 13.2 Å². The monoisotopic (exact) mass is 411 g/mol. The topological polar surface area (TPSA) is 38.3 Å². The average molecular weight is 412 g/mol. The van der Waals surface area contributed by atoms with Crippen molar-refractivity contribution < 1.29 is 22.7 Å². The molecule has 28 heavy (non-hydrogen) atoms. The van der Waals surface area contributed by atoms with Crippen LogP contribution in [0.15, 0.2) is 48.5 Å². The summed E-state index contributed by atoms with van der Waals surface area (Å²) in [4.78, 5) is 12.2. The number of anilines is 1. The molecule has 1 amide bonds. The third-order valence-electron chi connectivity index (χ3n) is 5.03. The van der Waals surface area contributed by atoms with E-state index in [1.807, 2.05) is 0 Å². The van der Waals surface area contributed by atoms with Crippen molar-refractivity contribution in [2.24, 2.45) is 5.92 Å². The molecule has 0 atom stereocenters. The van der Waals surface area contributed by atoms with Crippen molar-refractivity contribution in [3.63, 3.8) is 0 Å². The van der Waals surface area contributed by atoms with E-state index in [9.17, 15) is 18.0 Å². The third-order valence-corrected chi connectivity index (χ3v) is 5.29. The van der Waals surface area contributed by atoms with Gasteiger partial charge in [0.25, 0.3) is 0 Å². The summed E-state index contributed by atoms with van der Waals surface area (Å²) in [7, 11) is 0. The molecule has 1 fully saturated rings. The zero-order valence-corrected chi connectivity index (χ0v) is 15.9. The summed E-state index contributed by atoms with van der Waals surface area (Å²) < 4.78 is 40.6. The Kier molecular flexibility index (Phi) is 6.50. The van der Waals surface area contributed by atoms with Crippen molar-refractivity contribution in [1.29, 1.82) is 0 Å². The lowest BCUT2D eigenvalue weighted by Crippen LogP contribution is -2.20. The normalized spacial score (nSPS) is 19.9. The van der Waals surface area contributed by atoms with E-state index in [0.29, 0.717) is 23.3 Å². The standard InChI is InChI=1S/C21H21ClF3NO2/c22-17-7-9-18(10-8-17)26-20(27)13-14-1-3-15(4-2-14)16-5-11-19(12-6-16)28-21(23,24)25/h5-12,14-15H,1-4,13H2,(H,26,27)/t14-,15+. The van der Waals surface area contributed by atoms with Gasteiger partial charge in [0.05, 0.1) is 0 Å². The van der Waals surface area contributed by atoms with Gasteiger partial charge in [0.2, 0.25) is 5.91 Å². The number of amides is 1. The number of ether oxygens (including phenoxy) is 1. The average Bonchev–Trinajstić information content (AvgIpc) is 2.64. The first-order valence-electron chi connectivity index (χ1n) is 9.19. The van der Waals surface area contributed by atoms with Gasteiger partial charge in [-0.05, 0) is 79.5 Å². The number of carbonyl (C=O) groups excluding carboxylic acids is 1. The highest BCUT2D eigenvalue weighted by atomic mass is 35.5. The Morgan fingerprint density at radius 1 is 1.00 bits per heavy atom. The summed E-state index contributed by atoms with van der Waals surface area (Å²) in [5.41, 5.74) is 1.74. The molecule has 0 heterocycles. The van der Waals surface area contributed by atoms with Crippen molar-refractivity contribution >= 4 is 23.2 Å². The molecule has 2 aromatic carbocycles. The first-order valence-corrected chi connectivity index (χ1v) is 9.57. The van der Waals surface area contributed by atoms with Gasteiger partial charge in [-0.2, -0.15) is 0 Å². The van der Waals surface area contributed by atoms with E-state index >= 15 is 0 Å². The van der Waals surface area contributed by atoms with Gasteiger partial charge in [-0.25, -0.2) is 0 Å². The van der Waals surface area contributed by atoms with Crippen LogP contribution in [0.2, 0.25) is 5.02 Å². The maximum atomic E-state index is 12.2. The van der Waals surface area contributed by atoms with Crippen LogP contribution in [-0.4, -0.2) is 12.3 Å². The summed E-state index contributed by atoms with van der Waals surface area (Å²) in [6, 6.07) is 13.1. The van der Waals surface area contributed by atoms with Gasteiger partial charge in [-0.1, -0.05) is 23.7 Å². The van der Waals surface area contributed by atoms with Crippen LogP contribution >= 0.6 is 11.6 Å². The molecular weight excluding hydrogens is 391 g/mol.